The lowest BCUT2D eigenvalue weighted by Gasteiger charge is -2.25. The molecule has 2 unspecified atom stereocenters. The number of nitrogens with one attached hydrogen (secondary N) is 1. The van der Waals surface area contributed by atoms with Gasteiger partial charge in [0, 0.05) is 48.9 Å². The van der Waals surface area contributed by atoms with E-state index in [0.717, 1.165) is 44.0 Å². The Kier molecular flexibility index (Phi) is 7.74. The number of thiophene rings is 1. The lowest BCUT2D eigenvalue weighted by atomic mass is 9.89. The molecule has 36 heavy (non-hydrogen) atoms. The van der Waals surface area contributed by atoms with Crippen molar-refractivity contribution >= 4 is 23.2 Å². The van der Waals surface area contributed by atoms with Crippen molar-refractivity contribution in [3.8, 4) is 0 Å². The number of carboxylic acids is 1. The molecule has 2 atom stereocenters. The molecule has 4 heterocycles. The SMILES string of the molecule is Cc1ccc(CN2CC3Cc4nnc(C(=O)NCc5ccccc5)n4CC3C2)s1.O=C(O)C(F)(F)F. The van der Waals surface area contributed by atoms with Gasteiger partial charge in [-0.3, -0.25) is 9.69 Å². The molecule has 0 radical (unpaired) electrons. The number of alkyl halides is 3. The molecule has 0 spiro atoms. The van der Waals surface area contributed by atoms with Crippen molar-refractivity contribution in [2.75, 3.05) is 13.1 Å². The lowest BCUT2D eigenvalue weighted by Crippen LogP contribution is -2.32. The van der Waals surface area contributed by atoms with E-state index in [4.69, 9.17) is 9.90 Å². The second-order valence-corrected chi connectivity index (χ2v) is 10.3. The lowest BCUT2D eigenvalue weighted by molar-refractivity contribution is -0.192. The molecule has 2 aliphatic rings. The largest absolute Gasteiger partial charge is 0.490 e. The Morgan fingerprint density at radius 2 is 1.78 bits per heavy atom. The van der Waals surface area contributed by atoms with Gasteiger partial charge in [-0.1, -0.05) is 30.3 Å². The second kappa shape index (κ2) is 10.8. The first-order chi connectivity index (χ1) is 17.1. The van der Waals surface area contributed by atoms with Crippen molar-refractivity contribution in [3.63, 3.8) is 0 Å². The van der Waals surface area contributed by atoms with E-state index in [2.05, 4.69) is 39.5 Å². The standard InChI is InChI=1S/C22H25N5OS.C2HF3O2/c1-15-7-8-19(29-15)14-26-11-17-9-20-24-25-21(27(20)13-18(17)12-26)22(28)23-10-16-5-3-2-4-6-16;3-2(4,5)1(6)7/h2-8,17-18H,9-14H2,1H3,(H,23,28);(H,6,7). The highest BCUT2D eigenvalue weighted by Gasteiger charge is 2.39. The summed E-state index contributed by atoms with van der Waals surface area (Å²) in [7, 11) is 0. The van der Waals surface area contributed by atoms with Gasteiger partial charge in [0.1, 0.15) is 5.82 Å². The molecule has 8 nitrogen and oxygen atoms in total. The van der Waals surface area contributed by atoms with Gasteiger partial charge in [-0.15, -0.1) is 21.5 Å². The maximum atomic E-state index is 12.7. The highest BCUT2D eigenvalue weighted by molar-refractivity contribution is 7.11. The van der Waals surface area contributed by atoms with Crippen molar-refractivity contribution in [2.45, 2.75) is 39.2 Å². The zero-order valence-electron chi connectivity index (χ0n) is 19.5. The van der Waals surface area contributed by atoms with Gasteiger partial charge in [0.25, 0.3) is 5.91 Å². The summed E-state index contributed by atoms with van der Waals surface area (Å²) in [4.78, 5) is 27.0. The molecule has 12 heteroatoms. The highest BCUT2D eigenvalue weighted by Crippen LogP contribution is 2.34. The number of carbonyl (C=O) groups excluding carboxylic acids is 1. The number of likely N-dealkylation sites (tertiary alicyclic amines) is 1. The molecule has 1 amide bonds. The van der Waals surface area contributed by atoms with Crippen LogP contribution in [-0.2, 0) is 30.8 Å². The molecule has 2 N–H and O–H groups in total. The number of rotatable bonds is 5. The third-order valence-corrected chi connectivity index (χ3v) is 7.24. The average molecular weight is 522 g/mol. The minimum Gasteiger partial charge on any atom is -0.475 e. The van der Waals surface area contributed by atoms with Crippen LogP contribution in [0.2, 0.25) is 0 Å². The van der Waals surface area contributed by atoms with Gasteiger partial charge in [0.15, 0.2) is 0 Å². The molecule has 2 aromatic heterocycles. The third-order valence-electron chi connectivity index (χ3n) is 6.26. The molecule has 0 saturated carbocycles. The molecular weight excluding hydrogens is 495 g/mol. The van der Waals surface area contributed by atoms with Crippen LogP contribution in [0.15, 0.2) is 42.5 Å². The van der Waals surface area contributed by atoms with E-state index >= 15 is 0 Å². The van der Waals surface area contributed by atoms with Crippen molar-refractivity contribution in [2.24, 2.45) is 11.8 Å². The van der Waals surface area contributed by atoms with E-state index in [0.29, 0.717) is 24.2 Å². The van der Waals surface area contributed by atoms with Crippen molar-refractivity contribution in [3.05, 3.63) is 69.4 Å². The van der Waals surface area contributed by atoms with E-state index in [1.165, 1.54) is 9.75 Å². The molecule has 3 aromatic rings. The monoisotopic (exact) mass is 521 g/mol. The topological polar surface area (TPSA) is 100 Å². The number of fused-ring (bicyclic) bond motifs is 2. The van der Waals surface area contributed by atoms with E-state index in [1.807, 2.05) is 46.2 Å². The summed E-state index contributed by atoms with van der Waals surface area (Å²) in [6.45, 7) is 6.70. The zero-order valence-corrected chi connectivity index (χ0v) is 20.3. The first-order valence-electron chi connectivity index (χ1n) is 11.4. The summed E-state index contributed by atoms with van der Waals surface area (Å²) in [5.41, 5.74) is 1.08. The van der Waals surface area contributed by atoms with Gasteiger partial charge < -0.3 is 15.0 Å². The summed E-state index contributed by atoms with van der Waals surface area (Å²) in [6, 6.07) is 14.4. The van der Waals surface area contributed by atoms with Gasteiger partial charge in [0.2, 0.25) is 5.82 Å². The average Bonchev–Trinajstić information content (AvgIpc) is 3.54. The van der Waals surface area contributed by atoms with E-state index in [1.54, 1.807) is 0 Å². The third kappa shape index (κ3) is 6.30. The second-order valence-electron chi connectivity index (χ2n) is 8.95. The minimum atomic E-state index is -5.08. The number of amides is 1. The number of hydrogen-bond donors (Lipinski definition) is 2. The first kappa shape index (κ1) is 25.8. The quantitative estimate of drug-likeness (QED) is 0.533. The van der Waals surface area contributed by atoms with E-state index in [9.17, 15) is 18.0 Å². The molecule has 192 valence electrons. The Bertz CT molecular complexity index is 1210. The van der Waals surface area contributed by atoms with Crippen LogP contribution in [0.25, 0.3) is 0 Å². The molecule has 5 rings (SSSR count). The molecular formula is C24H26F3N5O3S. The summed E-state index contributed by atoms with van der Waals surface area (Å²) in [5.74, 6) is -0.345. The predicted octanol–water partition coefficient (Wildman–Crippen LogP) is 3.52. The van der Waals surface area contributed by atoms with Gasteiger partial charge >= 0.3 is 12.1 Å². The molecule has 2 aliphatic heterocycles. The van der Waals surface area contributed by atoms with Crippen LogP contribution in [0.4, 0.5) is 13.2 Å². The predicted molar refractivity (Wildman–Crippen MR) is 126 cm³/mol. The molecule has 1 fully saturated rings. The summed E-state index contributed by atoms with van der Waals surface area (Å²) < 4.78 is 33.8. The van der Waals surface area contributed by atoms with Crippen LogP contribution >= 0.6 is 11.3 Å². The fourth-order valence-corrected chi connectivity index (χ4v) is 5.50. The zero-order chi connectivity index (χ0) is 25.9. The smallest absolute Gasteiger partial charge is 0.475 e. The Hall–Kier alpha value is -3.25. The number of benzene rings is 1. The fraction of sp³-hybridized carbons (Fsp3) is 0.417. The Balaban J connectivity index is 0.000000384. The normalized spacial score (nSPS) is 19.1. The van der Waals surface area contributed by atoms with Gasteiger partial charge in [-0.05, 0) is 36.5 Å². The van der Waals surface area contributed by atoms with Crippen LogP contribution in [0.5, 0.6) is 0 Å². The number of aliphatic carboxylic acids is 1. The maximum Gasteiger partial charge on any atom is 0.490 e. The van der Waals surface area contributed by atoms with Crippen LogP contribution in [0.3, 0.4) is 0 Å². The Labute approximate surface area is 209 Å². The summed E-state index contributed by atoms with van der Waals surface area (Å²) in [6.07, 6.45) is -4.18. The number of aryl methyl sites for hydroxylation is 1. The van der Waals surface area contributed by atoms with Crippen molar-refractivity contribution < 1.29 is 27.9 Å². The number of carbonyl (C=O) groups is 2. The fourth-order valence-electron chi connectivity index (χ4n) is 4.57. The maximum absolute atomic E-state index is 12.7. The Morgan fingerprint density at radius 3 is 2.42 bits per heavy atom. The van der Waals surface area contributed by atoms with E-state index in [-0.39, 0.29) is 5.91 Å². The number of aromatic nitrogens is 3. The Morgan fingerprint density at radius 1 is 1.08 bits per heavy atom. The van der Waals surface area contributed by atoms with Crippen molar-refractivity contribution in [1.82, 2.24) is 25.0 Å². The number of carboxylic acid groups (broad SMARTS) is 1. The number of nitrogens with zero attached hydrogens (tertiary/aromatic N) is 4. The number of halogens is 3. The van der Waals surface area contributed by atoms with Crippen LogP contribution in [0.1, 0.15) is 31.8 Å². The molecule has 0 aliphatic carbocycles. The van der Waals surface area contributed by atoms with Gasteiger partial charge in [0.05, 0.1) is 0 Å². The van der Waals surface area contributed by atoms with Crippen LogP contribution in [0, 0.1) is 18.8 Å². The molecule has 1 saturated heterocycles. The first-order valence-corrected chi connectivity index (χ1v) is 12.2. The van der Waals surface area contributed by atoms with Crippen LogP contribution < -0.4 is 5.32 Å². The summed E-state index contributed by atoms with van der Waals surface area (Å²) in [5, 5.41) is 18.7. The van der Waals surface area contributed by atoms with Crippen molar-refractivity contribution in [1.29, 1.82) is 0 Å². The summed E-state index contributed by atoms with van der Waals surface area (Å²) >= 11 is 1.88. The number of hydrogen-bond acceptors (Lipinski definition) is 6. The minimum absolute atomic E-state index is 0.144. The van der Waals surface area contributed by atoms with Crippen LogP contribution in [-0.4, -0.2) is 55.9 Å². The highest BCUT2D eigenvalue weighted by atomic mass is 32.1. The van der Waals surface area contributed by atoms with Gasteiger partial charge in [-0.25, -0.2) is 4.79 Å². The molecule has 0 bridgehead atoms. The van der Waals surface area contributed by atoms with E-state index < -0.39 is 12.1 Å². The molecule has 1 aromatic carbocycles. The van der Waals surface area contributed by atoms with Gasteiger partial charge in [-0.2, -0.15) is 13.2 Å².